The third kappa shape index (κ3) is 18.6. The first kappa shape index (κ1) is 68.6. The number of nitriles is 3. The van der Waals surface area contributed by atoms with Crippen LogP contribution < -0.4 is 9.47 Å². The molecule has 13 rings (SSSR count). The molecule has 3 aromatic heterocycles. The topological polar surface area (TPSA) is 200 Å². The Bertz CT molecular complexity index is 4330. The van der Waals surface area contributed by atoms with Gasteiger partial charge in [0.05, 0.1) is 54.7 Å². The number of carbonyl (C=O) groups is 3. The largest absolute Gasteiger partial charge is 0.492 e. The number of pyridine rings is 3. The molecule has 0 atom stereocenters. The molecule has 4 fully saturated rings. The van der Waals surface area contributed by atoms with E-state index in [0.29, 0.717) is 48.0 Å². The molecule has 0 aliphatic heterocycles. The lowest BCUT2D eigenvalue weighted by atomic mass is 9.96. The van der Waals surface area contributed by atoms with Gasteiger partial charge in [0, 0.05) is 111 Å². The molecule has 0 unspecified atom stereocenters. The van der Waals surface area contributed by atoms with E-state index in [2.05, 4.69) is 46.1 Å². The number of Topliss-reactive ketones (excluding diaryl/α,β-unsaturated/α-hetero) is 3. The molecule has 482 valence electrons. The molecule has 0 spiro atoms. The summed E-state index contributed by atoms with van der Waals surface area (Å²) in [5.74, 6) is 3.96. The molecule has 4 aliphatic carbocycles. The van der Waals surface area contributed by atoms with Gasteiger partial charge in [0.1, 0.15) is 34.7 Å². The number of hydrogen-bond donors (Lipinski definition) is 1. The third-order valence-corrected chi connectivity index (χ3v) is 21.2. The standard InChI is InChI=1S/C22H20N2O.C20H18FNOS.C19H18N2O2.C19H21NO2S/c1-2-22(10-11-22)15-25-21-9-12-24-14-20(21)19-8-7-16(13-23)17-5-3-4-6-18(17)19;1-14(23)11-20(8-9-20)13-24-19-7-6-17(21)10-18(19)16-4-2-15(12-22)3-5-16;1-14(22)10-19(7-8-19)13-23-18-6-9-21-12-17(18)16-4-2-15(11-20)3-5-16;1-14(22)10-19(7-8-19)13-23-18-6-9-20-11-17(18)16-4-2-15(12-21)3-5-16/h3-9,12,14H,2,10-11,15H2,1H3;2-7,10H,8-9,11,13H2,1H3;2-6,9,12H,7-8,10,13H2,1H3;2-6,9,11,21H,7-8,10,12-13H2,1H3. The van der Waals surface area contributed by atoms with Crippen molar-refractivity contribution in [1.82, 2.24) is 15.0 Å². The summed E-state index contributed by atoms with van der Waals surface area (Å²) in [4.78, 5) is 49.2. The number of fused-ring (bicyclic) bond motifs is 1. The van der Waals surface area contributed by atoms with Gasteiger partial charge in [-0.3, -0.25) is 15.0 Å². The summed E-state index contributed by atoms with van der Waals surface area (Å²) in [6.07, 6.45) is 23.0. The first-order valence-corrected chi connectivity index (χ1v) is 34.2. The summed E-state index contributed by atoms with van der Waals surface area (Å²) in [7, 11) is 0. The van der Waals surface area contributed by atoms with E-state index in [1.807, 2.05) is 127 Å². The van der Waals surface area contributed by atoms with Crippen LogP contribution in [0.4, 0.5) is 4.39 Å². The van der Waals surface area contributed by atoms with Crippen molar-refractivity contribution < 1.29 is 33.4 Å². The highest BCUT2D eigenvalue weighted by molar-refractivity contribution is 7.99. The van der Waals surface area contributed by atoms with E-state index in [9.17, 15) is 24.0 Å². The summed E-state index contributed by atoms with van der Waals surface area (Å²) in [6.45, 7) is 8.57. The number of ether oxygens (including phenoxy) is 2. The zero-order valence-corrected chi connectivity index (χ0v) is 55.8. The van der Waals surface area contributed by atoms with Crippen LogP contribution in [0.15, 0.2) is 193 Å². The van der Waals surface area contributed by atoms with Gasteiger partial charge in [-0.1, -0.05) is 85.8 Å². The number of aromatic nitrogens is 3. The van der Waals surface area contributed by atoms with Gasteiger partial charge in [0.15, 0.2) is 0 Å². The predicted molar refractivity (Wildman–Crippen MR) is 374 cm³/mol. The molecule has 4 aliphatic rings. The van der Waals surface area contributed by atoms with E-state index >= 15 is 0 Å². The monoisotopic (exact) mass is 1300 g/mol. The highest BCUT2D eigenvalue weighted by atomic mass is 32.2. The Labute approximate surface area is 565 Å². The van der Waals surface area contributed by atoms with Gasteiger partial charge in [-0.25, -0.2) is 4.39 Å². The molecule has 4 saturated carbocycles. The van der Waals surface area contributed by atoms with Crippen LogP contribution in [0.3, 0.4) is 0 Å². The van der Waals surface area contributed by atoms with Crippen molar-refractivity contribution >= 4 is 51.6 Å². The fourth-order valence-corrected chi connectivity index (χ4v) is 14.5. The van der Waals surface area contributed by atoms with Crippen molar-refractivity contribution in [3.63, 3.8) is 0 Å². The molecule has 3 heterocycles. The number of rotatable bonds is 24. The first-order valence-electron chi connectivity index (χ1n) is 32.3. The van der Waals surface area contributed by atoms with Crippen molar-refractivity contribution in [2.45, 2.75) is 121 Å². The maximum absolute atomic E-state index is 13.7. The van der Waals surface area contributed by atoms with Gasteiger partial charge in [-0.05, 0) is 195 Å². The van der Waals surface area contributed by atoms with Crippen molar-refractivity contribution in [3.8, 4) is 74.2 Å². The summed E-state index contributed by atoms with van der Waals surface area (Å²) in [5, 5.41) is 38.3. The lowest BCUT2D eigenvalue weighted by Gasteiger charge is -2.17. The minimum absolute atomic E-state index is 0.0248. The second-order valence-electron chi connectivity index (χ2n) is 26.0. The van der Waals surface area contributed by atoms with Crippen LogP contribution in [0.5, 0.6) is 11.5 Å². The van der Waals surface area contributed by atoms with E-state index in [1.165, 1.54) is 29.9 Å². The number of aliphatic hydroxyl groups is 1. The van der Waals surface area contributed by atoms with Crippen molar-refractivity contribution in [1.29, 1.82) is 15.8 Å². The molecule has 6 aromatic carbocycles. The Morgan fingerprint density at radius 3 is 1.45 bits per heavy atom. The maximum Gasteiger partial charge on any atom is 0.130 e. The average molecular weight is 1300 g/mol. The minimum Gasteiger partial charge on any atom is -0.492 e. The Balaban J connectivity index is 0.000000138. The first-order chi connectivity index (χ1) is 46.0. The molecule has 0 saturated heterocycles. The van der Waals surface area contributed by atoms with Crippen LogP contribution in [0.25, 0.3) is 55.3 Å². The van der Waals surface area contributed by atoms with Crippen molar-refractivity contribution in [2.75, 3.05) is 24.7 Å². The van der Waals surface area contributed by atoms with Gasteiger partial charge >= 0.3 is 0 Å². The van der Waals surface area contributed by atoms with Crippen LogP contribution >= 0.6 is 23.5 Å². The molecular formula is C80H77FN6O6S2. The summed E-state index contributed by atoms with van der Waals surface area (Å²) < 4.78 is 26.0. The van der Waals surface area contributed by atoms with E-state index in [0.717, 1.165) is 140 Å². The third-order valence-electron chi connectivity index (χ3n) is 18.3. The van der Waals surface area contributed by atoms with Crippen LogP contribution in [0.1, 0.15) is 127 Å². The summed E-state index contributed by atoms with van der Waals surface area (Å²) in [5.41, 5.74) is 11.4. The number of thioether (sulfide) groups is 2. The van der Waals surface area contributed by atoms with Gasteiger partial charge in [0.2, 0.25) is 0 Å². The molecule has 15 heteroatoms. The molecule has 95 heavy (non-hydrogen) atoms. The Morgan fingerprint density at radius 2 is 0.947 bits per heavy atom. The second kappa shape index (κ2) is 31.3. The molecule has 9 aromatic rings. The van der Waals surface area contributed by atoms with Crippen LogP contribution in [-0.2, 0) is 21.0 Å². The number of aliphatic hydroxyl groups excluding tert-OH is 1. The smallest absolute Gasteiger partial charge is 0.130 e. The Hall–Kier alpha value is -9.30. The number of halogens is 1. The fraction of sp³-hybridized carbons (Fsp3) is 0.312. The lowest BCUT2D eigenvalue weighted by molar-refractivity contribution is -0.119. The maximum atomic E-state index is 13.7. The zero-order chi connectivity index (χ0) is 67.0. The highest BCUT2D eigenvalue weighted by Gasteiger charge is 2.46. The Kier molecular flexibility index (Phi) is 22.6. The van der Waals surface area contributed by atoms with E-state index in [-0.39, 0.29) is 46.0 Å². The van der Waals surface area contributed by atoms with Gasteiger partial charge in [-0.2, -0.15) is 15.8 Å². The molecule has 0 radical (unpaired) electrons. The van der Waals surface area contributed by atoms with Crippen LogP contribution in [0, 0.1) is 61.5 Å². The van der Waals surface area contributed by atoms with E-state index in [1.54, 1.807) is 81.5 Å². The van der Waals surface area contributed by atoms with Crippen LogP contribution in [0.2, 0.25) is 0 Å². The SMILES string of the molecule is CC(=O)CC1(COc2ccncc2-c2ccc(C#N)cc2)CC1.CC(=O)CC1(CSc2ccc(F)cc2-c2ccc(C#N)cc2)CC1.CC(=O)CC1(CSc2ccncc2-c2ccc(CO)cc2)CC1.CCC1(COc2ccncc2-c2ccc(C#N)c3ccccc23)CC1. The number of hydrogen-bond acceptors (Lipinski definition) is 14. The lowest BCUT2D eigenvalue weighted by Crippen LogP contribution is -2.16. The number of ketones is 3. The van der Waals surface area contributed by atoms with Crippen molar-refractivity contribution in [3.05, 3.63) is 211 Å². The van der Waals surface area contributed by atoms with Gasteiger partial charge < -0.3 is 29.0 Å². The average Bonchev–Trinajstić information content (AvgIpc) is 1.52. The Morgan fingerprint density at radius 1 is 0.495 bits per heavy atom. The zero-order valence-electron chi connectivity index (χ0n) is 54.2. The minimum atomic E-state index is -0.274. The van der Waals surface area contributed by atoms with Gasteiger partial charge in [-0.15, -0.1) is 23.5 Å². The quantitative estimate of drug-likeness (QED) is 0.0560. The number of nitrogens with zero attached hydrogens (tertiary/aromatic N) is 6. The molecule has 0 bridgehead atoms. The molecule has 0 amide bonds. The highest BCUT2D eigenvalue weighted by Crippen LogP contribution is 2.55. The van der Waals surface area contributed by atoms with Crippen LogP contribution in [-0.4, -0.2) is 62.1 Å². The summed E-state index contributed by atoms with van der Waals surface area (Å²) in [6, 6.07) is 51.5. The molecule has 12 nitrogen and oxygen atoms in total. The second-order valence-corrected chi connectivity index (χ2v) is 28.0. The number of carbonyl (C=O) groups excluding carboxylic acids is 3. The van der Waals surface area contributed by atoms with E-state index in [4.69, 9.17) is 25.1 Å². The number of benzene rings is 6. The summed E-state index contributed by atoms with van der Waals surface area (Å²) >= 11 is 3.51. The predicted octanol–water partition coefficient (Wildman–Crippen LogP) is 18.4. The van der Waals surface area contributed by atoms with Crippen molar-refractivity contribution in [2.24, 2.45) is 21.7 Å². The normalized spacial score (nSPS) is 15.0. The molecular weight excluding hydrogens is 1220 g/mol. The van der Waals surface area contributed by atoms with E-state index < -0.39 is 0 Å². The fourth-order valence-electron chi connectivity index (χ4n) is 11.8. The van der Waals surface area contributed by atoms with Gasteiger partial charge in [0.25, 0.3) is 0 Å². The molecule has 1 N–H and O–H groups in total.